The fourth-order valence-corrected chi connectivity index (χ4v) is 1.14. The molecular formula is C10H8N2O. The van der Waals surface area contributed by atoms with Gasteiger partial charge in [0.1, 0.15) is 0 Å². The van der Waals surface area contributed by atoms with E-state index >= 15 is 0 Å². The van der Waals surface area contributed by atoms with Crippen LogP contribution in [-0.2, 0) is 0 Å². The third-order valence-electron chi connectivity index (χ3n) is 1.75. The highest BCUT2D eigenvalue weighted by Crippen LogP contribution is 2.01. The fourth-order valence-electron chi connectivity index (χ4n) is 1.14. The van der Waals surface area contributed by atoms with Crippen LogP contribution in [0.3, 0.4) is 0 Å². The van der Waals surface area contributed by atoms with E-state index in [2.05, 4.69) is 4.98 Å². The van der Waals surface area contributed by atoms with E-state index in [1.165, 1.54) is 10.8 Å². The number of rotatable bonds is 1. The Morgan fingerprint density at radius 3 is 2.54 bits per heavy atom. The minimum absolute atomic E-state index is 0.256. The molecule has 1 aromatic carbocycles. The first-order valence-electron chi connectivity index (χ1n) is 3.97. The lowest BCUT2D eigenvalue weighted by Crippen LogP contribution is -2.19. The summed E-state index contributed by atoms with van der Waals surface area (Å²) in [6.07, 6.45) is 3.19. The number of benzene rings is 1. The Kier molecular flexibility index (Phi) is 1.92. The summed E-state index contributed by atoms with van der Waals surface area (Å²) in [5.41, 5.74) is 0.578. The molecule has 0 unspecified atom stereocenters. The quantitative estimate of drug-likeness (QED) is 0.648. The van der Waals surface area contributed by atoms with Crippen LogP contribution in [0.4, 0.5) is 0 Å². The van der Waals surface area contributed by atoms with Crippen LogP contribution < -0.4 is 5.69 Å². The van der Waals surface area contributed by atoms with Gasteiger partial charge < -0.3 is 0 Å². The minimum Gasteiger partial charge on any atom is -0.268 e. The molecule has 0 aliphatic rings. The molecule has 0 bridgehead atoms. The molecule has 0 saturated heterocycles. The third kappa shape index (κ3) is 1.49. The van der Waals surface area contributed by atoms with Crippen molar-refractivity contribution in [3.63, 3.8) is 0 Å². The second-order valence-electron chi connectivity index (χ2n) is 2.61. The van der Waals surface area contributed by atoms with Crippen LogP contribution in [0.15, 0.2) is 53.6 Å². The maximum absolute atomic E-state index is 11.3. The summed E-state index contributed by atoms with van der Waals surface area (Å²) in [7, 11) is 0. The molecule has 0 fully saturated rings. The van der Waals surface area contributed by atoms with E-state index in [0.29, 0.717) is 0 Å². The van der Waals surface area contributed by atoms with E-state index in [0.717, 1.165) is 5.69 Å². The Morgan fingerprint density at radius 2 is 1.85 bits per heavy atom. The summed E-state index contributed by atoms with van der Waals surface area (Å²) < 4.78 is 1.50. The van der Waals surface area contributed by atoms with Crippen LogP contribution in [0.2, 0.25) is 0 Å². The van der Waals surface area contributed by atoms with E-state index < -0.39 is 0 Å². The van der Waals surface area contributed by atoms with Gasteiger partial charge in [-0.25, -0.2) is 9.78 Å². The molecule has 0 radical (unpaired) electrons. The molecule has 3 nitrogen and oxygen atoms in total. The molecule has 0 amide bonds. The molecule has 0 atom stereocenters. The molecule has 3 heteroatoms. The monoisotopic (exact) mass is 172 g/mol. The van der Waals surface area contributed by atoms with Gasteiger partial charge in [-0.3, -0.25) is 4.57 Å². The van der Waals surface area contributed by atoms with Crippen molar-refractivity contribution in [1.82, 2.24) is 9.55 Å². The van der Waals surface area contributed by atoms with Crippen molar-refractivity contribution in [2.45, 2.75) is 0 Å². The first-order chi connectivity index (χ1) is 6.38. The molecule has 0 spiro atoms. The van der Waals surface area contributed by atoms with Gasteiger partial charge in [0.05, 0.1) is 5.69 Å². The van der Waals surface area contributed by atoms with Crippen LogP contribution in [0.5, 0.6) is 0 Å². The van der Waals surface area contributed by atoms with E-state index in [1.54, 1.807) is 12.3 Å². The van der Waals surface area contributed by atoms with Crippen LogP contribution in [-0.4, -0.2) is 9.55 Å². The number of para-hydroxylation sites is 1. The molecule has 2 rings (SSSR count). The zero-order chi connectivity index (χ0) is 9.10. The van der Waals surface area contributed by atoms with Gasteiger partial charge >= 0.3 is 5.69 Å². The van der Waals surface area contributed by atoms with E-state index in [1.807, 2.05) is 30.3 Å². The largest absolute Gasteiger partial charge is 0.352 e. The van der Waals surface area contributed by atoms with Crippen molar-refractivity contribution in [3.05, 3.63) is 59.3 Å². The molecule has 0 aliphatic carbocycles. The molecule has 1 aromatic heterocycles. The van der Waals surface area contributed by atoms with Gasteiger partial charge in [0.2, 0.25) is 0 Å². The normalized spacial score (nSPS) is 9.85. The van der Waals surface area contributed by atoms with E-state index in [-0.39, 0.29) is 5.69 Å². The van der Waals surface area contributed by atoms with Gasteiger partial charge in [-0.05, 0) is 18.2 Å². The van der Waals surface area contributed by atoms with Crippen LogP contribution in [0.25, 0.3) is 5.69 Å². The van der Waals surface area contributed by atoms with E-state index in [9.17, 15) is 4.79 Å². The predicted octanol–water partition coefficient (Wildman–Crippen LogP) is 1.23. The van der Waals surface area contributed by atoms with Crippen LogP contribution >= 0.6 is 0 Å². The van der Waals surface area contributed by atoms with Gasteiger partial charge in [-0.2, -0.15) is 0 Å². The van der Waals surface area contributed by atoms with Gasteiger partial charge in [0.25, 0.3) is 0 Å². The zero-order valence-electron chi connectivity index (χ0n) is 6.92. The van der Waals surface area contributed by atoms with Crippen molar-refractivity contribution >= 4 is 0 Å². The second kappa shape index (κ2) is 3.23. The number of hydrogen-bond acceptors (Lipinski definition) is 2. The van der Waals surface area contributed by atoms with Crippen LogP contribution in [0.1, 0.15) is 0 Å². The zero-order valence-corrected chi connectivity index (χ0v) is 6.92. The van der Waals surface area contributed by atoms with Crippen molar-refractivity contribution < 1.29 is 0 Å². The lowest BCUT2D eigenvalue weighted by Gasteiger charge is -2.01. The lowest BCUT2D eigenvalue weighted by molar-refractivity contribution is 0.914. The molecule has 0 aliphatic heterocycles. The SMILES string of the molecule is O=c1ncccn1-c1ccccc1. The molecule has 2 aromatic rings. The van der Waals surface area contributed by atoms with Crippen molar-refractivity contribution in [2.75, 3.05) is 0 Å². The van der Waals surface area contributed by atoms with Gasteiger partial charge in [-0.15, -0.1) is 0 Å². The summed E-state index contributed by atoms with van der Waals surface area (Å²) in [4.78, 5) is 14.9. The Labute approximate surface area is 75.3 Å². The summed E-state index contributed by atoms with van der Waals surface area (Å²) in [5.74, 6) is 0. The standard InChI is InChI=1S/C10H8N2O/c13-10-11-7-4-8-12(10)9-5-2-1-3-6-9/h1-8H. The maximum atomic E-state index is 11.3. The fraction of sp³-hybridized carbons (Fsp3) is 0. The van der Waals surface area contributed by atoms with Gasteiger partial charge in [-0.1, -0.05) is 18.2 Å². The maximum Gasteiger partial charge on any atom is 0.352 e. The Morgan fingerprint density at radius 1 is 1.08 bits per heavy atom. The summed E-state index contributed by atoms with van der Waals surface area (Å²) >= 11 is 0. The summed E-state index contributed by atoms with van der Waals surface area (Å²) in [5, 5.41) is 0. The smallest absolute Gasteiger partial charge is 0.268 e. The second-order valence-corrected chi connectivity index (χ2v) is 2.61. The minimum atomic E-state index is -0.256. The molecule has 13 heavy (non-hydrogen) atoms. The first-order valence-corrected chi connectivity index (χ1v) is 3.97. The summed E-state index contributed by atoms with van der Waals surface area (Å²) in [6.45, 7) is 0. The Balaban J connectivity index is 2.60. The number of nitrogens with zero attached hydrogens (tertiary/aromatic N) is 2. The number of hydrogen-bond donors (Lipinski definition) is 0. The highest BCUT2D eigenvalue weighted by atomic mass is 16.1. The van der Waals surface area contributed by atoms with E-state index in [4.69, 9.17) is 0 Å². The molecule has 0 N–H and O–H groups in total. The average molecular weight is 172 g/mol. The molecule has 0 saturated carbocycles. The van der Waals surface area contributed by atoms with Gasteiger partial charge in [0.15, 0.2) is 0 Å². The Hall–Kier alpha value is -1.90. The summed E-state index contributed by atoms with van der Waals surface area (Å²) in [6, 6.07) is 11.1. The van der Waals surface area contributed by atoms with Crippen LogP contribution in [0, 0.1) is 0 Å². The Bertz CT molecular complexity index is 448. The molecule has 64 valence electrons. The molecular weight excluding hydrogens is 164 g/mol. The van der Waals surface area contributed by atoms with Gasteiger partial charge in [0, 0.05) is 12.4 Å². The lowest BCUT2D eigenvalue weighted by atomic mass is 10.3. The highest BCUT2D eigenvalue weighted by Gasteiger charge is 1.95. The number of aromatic nitrogens is 2. The van der Waals surface area contributed by atoms with Crippen molar-refractivity contribution in [3.8, 4) is 5.69 Å². The topological polar surface area (TPSA) is 34.9 Å². The molecule has 1 heterocycles. The van der Waals surface area contributed by atoms with Crippen molar-refractivity contribution in [2.24, 2.45) is 0 Å². The highest BCUT2D eigenvalue weighted by molar-refractivity contribution is 5.30. The predicted molar refractivity (Wildman–Crippen MR) is 49.8 cm³/mol. The van der Waals surface area contributed by atoms with Crippen molar-refractivity contribution in [1.29, 1.82) is 0 Å². The first kappa shape index (κ1) is 7.73. The third-order valence-corrected chi connectivity index (χ3v) is 1.75. The average Bonchev–Trinajstić information content (AvgIpc) is 2.20.